The van der Waals surface area contributed by atoms with Crippen molar-refractivity contribution < 1.29 is 19.1 Å². The predicted octanol–water partition coefficient (Wildman–Crippen LogP) is 3.32. The SMILES string of the molecule is C=CCN(C(=O)OC(C)(C)C)C(=O)C(/C=C/c1ccccc1)=[N+]=[N-]. The van der Waals surface area contributed by atoms with E-state index in [0.717, 1.165) is 10.5 Å². The van der Waals surface area contributed by atoms with Gasteiger partial charge in [0.15, 0.2) is 0 Å². The summed E-state index contributed by atoms with van der Waals surface area (Å²) in [5.41, 5.74) is 8.89. The number of carbonyl (C=O) groups excluding carboxylic acids is 2. The first-order valence-electron chi connectivity index (χ1n) is 7.39. The average molecular weight is 327 g/mol. The molecular formula is C18H21N3O3. The topological polar surface area (TPSA) is 83.0 Å². The third-order valence-electron chi connectivity index (χ3n) is 2.73. The van der Waals surface area contributed by atoms with Crippen molar-refractivity contribution in [3.63, 3.8) is 0 Å². The fraction of sp³-hybridized carbons (Fsp3) is 0.278. The second kappa shape index (κ2) is 8.60. The molecule has 126 valence electrons. The van der Waals surface area contributed by atoms with Crippen molar-refractivity contribution in [1.82, 2.24) is 4.90 Å². The van der Waals surface area contributed by atoms with Crippen LogP contribution in [0.3, 0.4) is 0 Å². The molecule has 6 nitrogen and oxygen atoms in total. The Bertz CT molecular complexity index is 681. The van der Waals surface area contributed by atoms with Crippen LogP contribution in [0.2, 0.25) is 0 Å². The van der Waals surface area contributed by atoms with Crippen molar-refractivity contribution in [2.45, 2.75) is 26.4 Å². The van der Waals surface area contributed by atoms with Gasteiger partial charge in [0.2, 0.25) is 0 Å². The molecule has 0 aliphatic rings. The van der Waals surface area contributed by atoms with Gasteiger partial charge in [0.05, 0.1) is 6.54 Å². The van der Waals surface area contributed by atoms with Crippen LogP contribution in [0.15, 0.2) is 49.1 Å². The summed E-state index contributed by atoms with van der Waals surface area (Å²) in [5, 5.41) is 0. The van der Waals surface area contributed by atoms with Gasteiger partial charge in [-0.15, -0.1) is 6.58 Å². The molecule has 2 amide bonds. The van der Waals surface area contributed by atoms with Crippen LogP contribution < -0.4 is 0 Å². The van der Waals surface area contributed by atoms with Crippen LogP contribution in [0.25, 0.3) is 11.6 Å². The Balaban J connectivity index is 2.99. The number of nitrogens with zero attached hydrogens (tertiary/aromatic N) is 3. The van der Waals surface area contributed by atoms with Gasteiger partial charge >= 0.3 is 17.7 Å². The molecule has 0 radical (unpaired) electrons. The number of amides is 2. The number of benzene rings is 1. The molecule has 0 unspecified atom stereocenters. The molecule has 0 fully saturated rings. The molecule has 0 N–H and O–H groups in total. The second-order valence-corrected chi connectivity index (χ2v) is 5.91. The van der Waals surface area contributed by atoms with Crippen molar-refractivity contribution in [2.24, 2.45) is 0 Å². The predicted molar refractivity (Wildman–Crippen MR) is 92.2 cm³/mol. The van der Waals surface area contributed by atoms with Crippen LogP contribution in [-0.4, -0.2) is 39.5 Å². The fourth-order valence-corrected chi connectivity index (χ4v) is 1.71. The lowest BCUT2D eigenvalue weighted by Gasteiger charge is -2.24. The summed E-state index contributed by atoms with van der Waals surface area (Å²) in [7, 11) is 0. The smallest absolute Gasteiger partial charge is 0.417 e. The molecular weight excluding hydrogens is 306 g/mol. The lowest BCUT2D eigenvalue weighted by molar-refractivity contribution is -0.127. The molecule has 0 saturated carbocycles. The van der Waals surface area contributed by atoms with Gasteiger partial charge in [-0.2, -0.15) is 4.79 Å². The first kappa shape index (κ1) is 19.1. The summed E-state index contributed by atoms with van der Waals surface area (Å²) in [6.45, 7) is 8.53. The number of rotatable bonds is 5. The maximum Gasteiger partial charge on any atom is 0.417 e. The zero-order valence-corrected chi connectivity index (χ0v) is 14.1. The summed E-state index contributed by atoms with van der Waals surface area (Å²) in [6, 6.07) is 9.18. The summed E-state index contributed by atoms with van der Waals surface area (Å²) in [6.07, 6.45) is 3.49. The first-order chi connectivity index (χ1) is 11.3. The molecule has 1 aromatic rings. The summed E-state index contributed by atoms with van der Waals surface area (Å²) in [4.78, 5) is 28.4. The van der Waals surface area contributed by atoms with Crippen molar-refractivity contribution >= 4 is 23.8 Å². The van der Waals surface area contributed by atoms with Gasteiger partial charge < -0.3 is 10.3 Å². The molecule has 0 saturated heterocycles. The highest BCUT2D eigenvalue weighted by atomic mass is 16.6. The molecule has 0 atom stereocenters. The molecule has 0 aromatic heterocycles. The monoisotopic (exact) mass is 327 g/mol. The molecule has 0 aliphatic carbocycles. The van der Waals surface area contributed by atoms with E-state index < -0.39 is 17.6 Å². The van der Waals surface area contributed by atoms with Crippen LogP contribution in [-0.2, 0) is 9.53 Å². The Kier molecular flexibility index (Phi) is 6.83. The summed E-state index contributed by atoms with van der Waals surface area (Å²) >= 11 is 0. The molecule has 0 heterocycles. The number of carbonyl (C=O) groups is 2. The molecule has 0 aliphatic heterocycles. The maximum absolute atomic E-state index is 12.4. The number of hydrogen-bond donors (Lipinski definition) is 0. The van der Waals surface area contributed by atoms with Crippen LogP contribution in [0.5, 0.6) is 0 Å². The molecule has 24 heavy (non-hydrogen) atoms. The fourth-order valence-electron chi connectivity index (χ4n) is 1.71. The van der Waals surface area contributed by atoms with Gasteiger partial charge in [-0.1, -0.05) is 36.4 Å². The standard InChI is InChI=1S/C18H21N3O3/c1-5-13-21(17(23)24-18(2,3)4)16(22)15(20-19)12-11-14-9-7-6-8-10-14/h5-12H,1,13H2,2-4H3/b12-11+. The lowest BCUT2D eigenvalue weighted by atomic mass is 10.2. The Morgan fingerprint density at radius 3 is 2.42 bits per heavy atom. The number of imide groups is 1. The van der Waals surface area contributed by atoms with E-state index in [2.05, 4.69) is 11.4 Å². The van der Waals surface area contributed by atoms with E-state index in [1.807, 2.05) is 30.3 Å². The molecule has 0 spiro atoms. The zero-order valence-electron chi connectivity index (χ0n) is 14.1. The van der Waals surface area contributed by atoms with Gasteiger partial charge in [0.25, 0.3) is 0 Å². The molecule has 1 rings (SSSR count). The van der Waals surface area contributed by atoms with Crippen LogP contribution in [0, 0.1) is 0 Å². The highest BCUT2D eigenvalue weighted by Crippen LogP contribution is 2.11. The van der Waals surface area contributed by atoms with E-state index in [4.69, 9.17) is 10.3 Å². The first-order valence-corrected chi connectivity index (χ1v) is 7.39. The molecule has 0 bridgehead atoms. The second-order valence-electron chi connectivity index (χ2n) is 5.91. The van der Waals surface area contributed by atoms with Gasteiger partial charge in [-0.25, -0.2) is 9.69 Å². The lowest BCUT2D eigenvalue weighted by Crippen LogP contribution is -2.44. The number of ether oxygens (including phenoxy) is 1. The van der Waals surface area contributed by atoms with Crippen LogP contribution in [0.4, 0.5) is 4.79 Å². The quantitative estimate of drug-likeness (QED) is 0.360. The van der Waals surface area contributed by atoms with Crippen molar-refractivity contribution in [1.29, 1.82) is 0 Å². The minimum absolute atomic E-state index is 0.0635. The zero-order chi connectivity index (χ0) is 18.2. The summed E-state index contributed by atoms with van der Waals surface area (Å²) < 4.78 is 5.19. The minimum Gasteiger partial charge on any atom is -0.443 e. The minimum atomic E-state index is -0.832. The van der Waals surface area contributed by atoms with Crippen LogP contribution in [0.1, 0.15) is 26.3 Å². The third-order valence-corrected chi connectivity index (χ3v) is 2.73. The number of hydrogen-bond acceptors (Lipinski definition) is 3. The molecule has 1 aromatic carbocycles. The van der Waals surface area contributed by atoms with E-state index in [-0.39, 0.29) is 12.3 Å². The van der Waals surface area contributed by atoms with Gasteiger partial charge in [-0.3, -0.25) is 4.79 Å². The normalized spacial score (nSPS) is 10.8. The van der Waals surface area contributed by atoms with Crippen molar-refractivity contribution in [3.05, 3.63) is 60.2 Å². The third kappa shape index (κ3) is 6.02. The highest BCUT2D eigenvalue weighted by Gasteiger charge is 2.32. The average Bonchev–Trinajstić information content (AvgIpc) is 2.52. The van der Waals surface area contributed by atoms with Crippen LogP contribution >= 0.6 is 0 Å². The van der Waals surface area contributed by atoms with Gasteiger partial charge in [0.1, 0.15) is 5.60 Å². The Labute approximate surface area is 141 Å². The Morgan fingerprint density at radius 1 is 1.29 bits per heavy atom. The van der Waals surface area contributed by atoms with Crippen molar-refractivity contribution in [2.75, 3.05) is 6.54 Å². The van der Waals surface area contributed by atoms with E-state index in [1.165, 1.54) is 12.2 Å². The Hall–Kier alpha value is -2.98. The van der Waals surface area contributed by atoms with Gasteiger partial charge in [-0.05, 0) is 32.4 Å². The Morgan fingerprint density at radius 2 is 1.92 bits per heavy atom. The van der Waals surface area contributed by atoms with E-state index in [1.54, 1.807) is 26.8 Å². The highest BCUT2D eigenvalue weighted by molar-refractivity contribution is 6.43. The summed E-state index contributed by atoms with van der Waals surface area (Å²) in [5.74, 6) is -0.779. The van der Waals surface area contributed by atoms with E-state index in [9.17, 15) is 9.59 Å². The molecule has 6 heteroatoms. The van der Waals surface area contributed by atoms with E-state index in [0.29, 0.717) is 0 Å². The van der Waals surface area contributed by atoms with Crippen molar-refractivity contribution in [3.8, 4) is 0 Å². The van der Waals surface area contributed by atoms with E-state index >= 15 is 0 Å². The van der Waals surface area contributed by atoms with Gasteiger partial charge in [0, 0.05) is 6.08 Å². The maximum atomic E-state index is 12.4. The largest absolute Gasteiger partial charge is 0.443 e.